The van der Waals surface area contributed by atoms with Crippen LogP contribution >= 0.6 is 0 Å². The molecule has 0 bridgehead atoms. The van der Waals surface area contributed by atoms with Crippen molar-refractivity contribution in [1.82, 2.24) is 4.90 Å². The van der Waals surface area contributed by atoms with Crippen LogP contribution in [-0.4, -0.2) is 42.3 Å². The highest BCUT2D eigenvalue weighted by Gasteiger charge is 2.40. The second-order valence-electron chi connectivity index (χ2n) is 5.33. The molecule has 0 aromatic rings. The van der Waals surface area contributed by atoms with E-state index in [1.807, 2.05) is 27.7 Å². The van der Waals surface area contributed by atoms with Crippen molar-refractivity contribution in [2.45, 2.75) is 52.2 Å². The van der Waals surface area contributed by atoms with Gasteiger partial charge in [-0.2, -0.15) is 0 Å². The molecule has 18 heavy (non-hydrogen) atoms. The highest BCUT2D eigenvalue weighted by Crippen LogP contribution is 2.27. The molecule has 0 unspecified atom stereocenters. The predicted octanol–water partition coefficient (Wildman–Crippen LogP) is 2.20. The van der Waals surface area contributed by atoms with E-state index >= 15 is 0 Å². The molecule has 1 saturated heterocycles. The maximum Gasteiger partial charge on any atom is 0.410 e. The first kappa shape index (κ1) is 14.8. The van der Waals surface area contributed by atoms with E-state index in [0.717, 1.165) is 6.42 Å². The lowest BCUT2D eigenvalue weighted by Crippen LogP contribution is -2.41. The fourth-order valence-corrected chi connectivity index (χ4v) is 2.03. The molecule has 1 heterocycles. The van der Waals surface area contributed by atoms with Crippen LogP contribution < -0.4 is 0 Å². The van der Waals surface area contributed by atoms with Crippen molar-refractivity contribution >= 4 is 12.1 Å². The summed E-state index contributed by atoms with van der Waals surface area (Å²) in [5.74, 6) is -0.500. The SMILES string of the molecule is CCC(C)(C)OC(=O)N1CC[C@H](C(=O)OC)[C@@H]1C. The molecular formula is C13H23NO4. The minimum atomic E-state index is -0.472. The molecule has 0 N–H and O–H groups in total. The minimum Gasteiger partial charge on any atom is -0.469 e. The lowest BCUT2D eigenvalue weighted by atomic mass is 10.0. The number of hydrogen-bond donors (Lipinski definition) is 0. The summed E-state index contributed by atoms with van der Waals surface area (Å²) in [5, 5.41) is 0. The Morgan fingerprint density at radius 3 is 2.50 bits per heavy atom. The largest absolute Gasteiger partial charge is 0.469 e. The van der Waals surface area contributed by atoms with Crippen molar-refractivity contribution in [3.8, 4) is 0 Å². The average Bonchev–Trinajstić information content (AvgIpc) is 2.69. The number of methoxy groups -OCH3 is 1. The van der Waals surface area contributed by atoms with Gasteiger partial charge in [0.25, 0.3) is 0 Å². The summed E-state index contributed by atoms with van der Waals surface area (Å²) in [5.41, 5.74) is -0.472. The van der Waals surface area contributed by atoms with Crippen LogP contribution in [0.15, 0.2) is 0 Å². The molecule has 1 fully saturated rings. The van der Waals surface area contributed by atoms with Gasteiger partial charge < -0.3 is 14.4 Å². The number of carbonyl (C=O) groups excluding carboxylic acids is 2. The van der Waals surface area contributed by atoms with Crippen molar-refractivity contribution in [2.24, 2.45) is 5.92 Å². The van der Waals surface area contributed by atoms with Crippen LogP contribution in [0.25, 0.3) is 0 Å². The number of nitrogens with zero attached hydrogens (tertiary/aromatic N) is 1. The number of hydrogen-bond acceptors (Lipinski definition) is 4. The Kier molecular flexibility index (Phi) is 4.59. The topological polar surface area (TPSA) is 55.8 Å². The van der Waals surface area contributed by atoms with Crippen molar-refractivity contribution < 1.29 is 19.1 Å². The van der Waals surface area contributed by atoms with E-state index in [0.29, 0.717) is 13.0 Å². The van der Waals surface area contributed by atoms with Crippen LogP contribution in [0.5, 0.6) is 0 Å². The minimum absolute atomic E-state index is 0.169. The molecule has 1 rings (SSSR count). The highest BCUT2D eigenvalue weighted by molar-refractivity contribution is 5.76. The van der Waals surface area contributed by atoms with Crippen molar-refractivity contribution in [2.75, 3.05) is 13.7 Å². The van der Waals surface area contributed by atoms with Crippen LogP contribution in [0.3, 0.4) is 0 Å². The third kappa shape index (κ3) is 3.15. The molecule has 1 amide bonds. The van der Waals surface area contributed by atoms with Crippen LogP contribution in [0.1, 0.15) is 40.5 Å². The first-order chi connectivity index (χ1) is 8.32. The lowest BCUT2D eigenvalue weighted by molar-refractivity contribution is -0.145. The molecule has 1 aliphatic rings. The third-order valence-corrected chi connectivity index (χ3v) is 3.71. The molecular weight excluding hydrogens is 234 g/mol. The molecule has 0 spiro atoms. The molecule has 0 aromatic carbocycles. The second kappa shape index (κ2) is 5.59. The Morgan fingerprint density at radius 1 is 1.39 bits per heavy atom. The fourth-order valence-electron chi connectivity index (χ4n) is 2.03. The Morgan fingerprint density at radius 2 is 2.00 bits per heavy atom. The van der Waals surface area contributed by atoms with E-state index < -0.39 is 5.60 Å². The quantitative estimate of drug-likeness (QED) is 0.727. The highest BCUT2D eigenvalue weighted by atomic mass is 16.6. The Labute approximate surface area is 108 Å². The van der Waals surface area contributed by atoms with Crippen LogP contribution in [0.2, 0.25) is 0 Å². The zero-order chi connectivity index (χ0) is 13.9. The predicted molar refractivity (Wildman–Crippen MR) is 67.1 cm³/mol. The maximum absolute atomic E-state index is 12.0. The Balaban J connectivity index is 2.64. The Hall–Kier alpha value is -1.26. The average molecular weight is 257 g/mol. The zero-order valence-corrected chi connectivity index (χ0v) is 11.9. The summed E-state index contributed by atoms with van der Waals surface area (Å²) in [6, 6.07) is -0.169. The number of likely N-dealkylation sites (tertiary alicyclic amines) is 1. The molecule has 5 heteroatoms. The first-order valence-corrected chi connectivity index (χ1v) is 6.40. The maximum atomic E-state index is 12.0. The molecule has 0 saturated carbocycles. The van der Waals surface area contributed by atoms with E-state index in [4.69, 9.17) is 9.47 Å². The molecule has 5 nitrogen and oxygen atoms in total. The summed E-state index contributed by atoms with van der Waals surface area (Å²) < 4.78 is 10.2. The smallest absolute Gasteiger partial charge is 0.410 e. The van der Waals surface area contributed by atoms with Crippen molar-refractivity contribution in [3.05, 3.63) is 0 Å². The molecule has 104 valence electrons. The number of carbonyl (C=O) groups is 2. The Bertz CT molecular complexity index is 327. The summed E-state index contributed by atoms with van der Waals surface area (Å²) in [6.07, 6.45) is 1.04. The van der Waals surface area contributed by atoms with Gasteiger partial charge in [-0.1, -0.05) is 6.92 Å². The molecule has 0 aliphatic carbocycles. The standard InChI is InChI=1S/C13H23NO4/c1-6-13(3,4)18-12(16)14-8-7-10(9(14)2)11(15)17-5/h9-10H,6-8H2,1-5H3/t9-,10-/m0/s1. The van der Waals surface area contributed by atoms with Gasteiger partial charge in [0.2, 0.25) is 0 Å². The van der Waals surface area contributed by atoms with E-state index in [1.54, 1.807) is 4.90 Å². The normalized spacial score (nSPS) is 23.9. The summed E-state index contributed by atoms with van der Waals surface area (Å²) in [6.45, 7) is 8.12. The van der Waals surface area contributed by atoms with Crippen LogP contribution in [-0.2, 0) is 14.3 Å². The molecule has 2 atom stereocenters. The van der Waals surface area contributed by atoms with Gasteiger partial charge in [-0.25, -0.2) is 4.79 Å². The number of rotatable bonds is 3. The van der Waals surface area contributed by atoms with Gasteiger partial charge in [-0.05, 0) is 33.6 Å². The van der Waals surface area contributed by atoms with Gasteiger partial charge in [-0.15, -0.1) is 0 Å². The lowest BCUT2D eigenvalue weighted by Gasteiger charge is -2.29. The second-order valence-corrected chi connectivity index (χ2v) is 5.33. The van der Waals surface area contributed by atoms with E-state index in [-0.39, 0.29) is 24.0 Å². The van der Waals surface area contributed by atoms with Gasteiger partial charge in [0.05, 0.1) is 13.0 Å². The molecule has 1 aliphatic heterocycles. The third-order valence-electron chi connectivity index (χ3n) is 3.71. The van der Waals surface area contributed by atoms with E-state index in [9.17, 15) is 9.59 Å². The van der Waals surface area contributed by atoms with Gasteiger partial charge in [-0.3, -0.25) is 4.79 Å². The van der Waals surface area contributed by atoms with E-state index in [2.05, 4.69) is 0 Å². The number of amides is 1. The van der Waals surface area contributed by atoms with Gasteiger partial charge in [0.1, 0.15) is 5.60 Å². The summed E-state index contributed by atoms with van der Waals surface area (Å²) in [7, 11) is 1.37. The van der Waals surface area contributed by atoms with Crippen LogP contribution in [0, 0.1) is 5.92 Å². The number of ether oxygens (including phenoxy) is 2. The van der Waals surface area contributed by atoms with Crippen molar-refractivity contribution in [3.63, 3.8) is 0 Å². The summed E-state index contributed by atoms with van der Waals surface area (Å²) in [4.78, 5) is 25.2. The van der Waals surface area contributed by atoms with E-state index in [1.165, 1.54) is 7.11 Å². The van der Waals surface area contributed by atoms with Gasteiger partial charge >= 0.3 is 12.1 Å². The molecule has 0 aromatic heterocycles. The monoisotopic (exact) mass is 257 g/mol. The first-order valence-electron chi connectivity index (χ1n) is 6.40. The molecule has 0 radical (unpaired) electrons. The van der Waals surface area contributed by atoms with Crippen LogP contribution in [0.4, 0.5) is 4.79 Å². The fraction of sp³-hybridized carbons (Fsp3) is 0.846. The summed E-state index contributed by atoms with van der Waals surface area (Å²) >= 11 is 0. The van der Waals surface area contributed by atoms with Crippen molar-refractivity contribution in [1.29, 1.82) is 0 Å². The van der Waals surface area contributed by atoms with Gasteiger partial charge in [0, 0.05) is 12.6 Å². The number of esters is 1. The van der Waals surface area contributed by atoms with Gasteiger partial charge in [0.15, 0.2) is 0 Å². The zero-order valence-electron chi connectivity index (χ0n) is 11.9.